The first kappa shape index (κ1) is 14.9. The molecule has 0 aliphatic carbocycles. The highest BCUT2D eigenvalue weighted by Crippen LogP contribution is 2.29. The Balaban J connectivity index is 2.07. The maximum Gasteiger partial charge on any atom is 0.214 e. The zero-order valence-corrected chi connectivity index (χ0v) is 13.4. The molecule has 22 heavy (non-hydrogen) atoms. The summed E-state index contributed by atoms with van der Waals surface area (Å²) in [5, 5.41) is 9.35. The highest BCUT2D eigenvalue weighted by Gasteiger charge is 2.18. The van der Waals surface area contributed by atoms with Crippen molar-refractivity contribution in [3.05, 3.63) is 23.0 Å². The number of nitrogens with zero attached hydrogens (tertiary/aromatic N) is 3. The zero-order valence-electron chi connectivity index (χ0n) is 12.5. The summed E-state index contributed by atoms with van der Waals surface area (Å²) in [5.74, 6) is 2.14. The molecular weight excluding hydrogens is 304 g/mol. The Kier molecular flexibility index (Phi) is 4.30. The van der Waals surface area contributed by atoms with E-state index in [1.807, 2.05) is 22.9 Å². The molecule has 7 nitrogen and oxygen atoms in total. The maximum absolute atomic E-state index is 5.40. The summed E-state index contributed by atoms with van der Waals surface area (Å²) in [7, 11) is 3.25. The van der Waals surface area contributed by atoms with E-state index in [1.54, 1.807) is 14.2 Å². The van der Waals surface area contributed by atoms with Crippen molar-refractivity contribution >= 4 is 12.2 Å². The Bertz CT molecular complexity index is 684. The molecule has 3 rings (SSSR count). The van der Waals surface area contributed by atoms with Crippen LogP contribution in [0, 0.1) is 4.77 Å². The first-order valence-electron chi connectivity index (χ1n) is 6.97. The van der Waals surface area contributed by atoms with Gasteiger partial charge in [-0.1, -0.05) is 0 Å². The van der Waals surface area contributed by atoms with Gasteiger partial charge in [-0.2, -0.15) is 5.10 Å². The van der Waals surface area contributed by atoms with Crippen molar-refractivity contribution in [2.75, 3.05) is 45.5 Å². The standard InChI is InChI=1S/C14H18N4O3S/c1-19-11-7-10(8-12(9-11)20-2)13-15-16-14(22)18(13)17-3-5-21-6-4-17/h7-9H,3-6H2,1-2H3,(H,16,22). The number of hydrogen-bond donors (Lipinski definition) is 1. The molecule has 1 N–H and O–H groups in total. The molecule has 0 radical (unpaired) electrons. The van der Waals surface area contributed by atoms with E-state index in [-0.39, 0.29) is 0 Å². The number of rotatable bonds is 4. The number of hydrogen-bond acceptors (Lipinski definition) is 6. The number of morpholine rings is 1. The molecule has 1 aromatic carbocycles. The largest absolute Gasteiger partial charge is 0.497 e. The molecule has 1 aliphatic heterocycles. The van der Waals surface area contributed by atoms with Crippen LogP contribution in [0.5, 0.6) is 11.5 Å². The minimum absolute atomic E-state index is 0.554. The van der Waals surface area contributed by atoms with Crippen LogP contribution in [0.1, 0.15) is 0 Å². The molecule has 1 fully saturated rings. The van der Waals surface area contributed by atoms with Crippen molar-refractivity contribution in [2.45, 2.75) is 0 Å². The summed E-state index contributed by atoms with van der Waals surface area (Å²) in [6.07, 6.45) is 0. The molecule has 0 bridgehead atoms. The van der Waals surface area contributed by atoms with E-state index in [0.717, 1.165) is 24.5 Å². The quantitative estimate of drug-likeness (QED) is 0.863. The van der Waals surface area contributed by atoms with Crippen molar-refractivity contribution < 1.29 is 14.2 Å². The molecule has 118 valence electrons. The average Bonchev–Trinajstić information content (AvgIpc) is 2.96. The van der Waals surface area contributed by atoms with Gasteiger partial charge in [0, 0.05) is 11.6 Å². The van der Waals surface area contributed by atoms with Crippen LogP contribution in [-0.2, 0) is 4.74 Å². The Morgan fingerprint density at radius 3 is 2.36 bits per heavy atom. The minimum Gasteiger partial charge on any atom is -0.497 e. The number of H-pyrrole nitrogens is 1. The minimum atomic E-state index is 0.554. The lowest BCUT2D eigenvalue weighted by molar-refractivity contribution is 0.111. The van der Waals surface area contributed by atoms with Gasteiger partial charge in [-0.15, -0.1) is 0 Å². The summed E-state index contributed by atoms with van der Waals surface area (Å²) >= 11 is 5.38. The summed E-state index contributed by atoms with van der Waals surface area (Å²) in [6, 6.07) is 5.64. The van der Waals surface area contributed by atoms with Gasteiger partial charge >= 0.3 is 0 Å². The van der Waals surface area contributed by atoms with Crippen molar-refractivity contribution in [3.8, 4) is 22.9 Å². The van der Waals surface area contributed by atoms with Gasteiger partial charge in [0.25, 0.3) is 0 Å². The number of methoxy groups -OCH3 is 2. The molecule has 1 aromatic heterocycles. The Morgan fingerprint density at radius 2 is 1.77 bits per heavy atom. The average molecular weight is 322 g/mol. The first-order valence-corrected chi connectivity index (χ1v) is 7.37. The van der Waals surface area contributed by atoms with Gasteiger partial charge in [-0.25, -0.2) is 9.77 Å². The van der Waals surface area contributed by atoms with Gasteiger partial charge in [0.15, 0.2) is 5.82 Å². The molecular formula is C14H18N4O3S. The van der Waals surface area contributed by atoms with Crippen molar-refractivity contribution in [1.82, 2.24) is 14.9 Å². The maximum atomic E-state index is 5.40. The SMILES string of the molecule is COc1cc(OC)cc(-c2n[nH]c(=S)n2N2CCOCC2)c1. The molecule has 0 unspecified atom stereocenters. The fourth-order valence-electron chi connectivity index (χ4n) is 2.43. The zero-order chi connectivity index (χ0) is 15.5. The third-order valence-corrected chi connectivity index (χ3v) is 3.79. The predicted octanol–water partition coefficient (Wildman–Crippen LogP) is 1.59. The van der Waals surface area contributed by atoms with Crippen molar-refractivity contribution in [3.63, 3.8) is 0 Å². The Morgan fingerprint density at radius 1 is 1.14 bits per heavy atom. The summed E-state index contributed by atoms with van der Waals surface area (Å²) in [5.41, 5.74) is 0.870. The monoisotopic (exact) mass is 322 g/mol. The molecule has 0 atom stereocenters. The van der Waals surface area contributed by atoms with E-state index in [2.05, 4.69) is 15.2 Å². The molecule has 8 heteroatoms. The van der Waals surface area contributed by atoms with Crippen molar-refractivity contribution in [1.29, 1.82) is 0 Å². The molecule has 0 amide bonds. The predicted molar refractivity (Wildman–Crippen MR) is 84.7 cm³/mol. The molecule has 1 saturated heterocycles. The third-order valence-electron chi connectivity index (χ3n) is 3.53. The number of benzene rings is 1. The van der Waals surface area contributed by atoms with Crippen LogP contribution >= 0.6 is 12.2 Å². The first-order chi connectivity index (χ1) is 10.7. The highest BCUT2D eigenvalue weighted by atomic mass is 32.1. The van der Waals surface area contributed by atoms with E-state index in [1.165, 1.54) is 0 Å². The Labute approximate surface area is 133 Å². The third kappa shape index (κ3) is 2.79. The lowest BCUT2D eigenvalue weighted by atomic mass is 10.2. The van der Waals surface area contributed by atoms with Gasteiger partial charge < -0.3 is 19.2 Å². The fraction of sp³-hybridized carbons (Fsp3) is 0.429. The fourth-order valence-corrected chi connectivity index (χ4v) is 2.68. The van der Waals surface area contributed by atoms with Crippen LogP contribution in [0.2, 0.25) is 0 Å². The van der Waals surface area contributed by atoms with E-state index in [0.29, 0.717) is 29.5 Å². The van der Waals surface area contributed by atoms with Crippen molar-refractivity contribution in [2.24, 2.45) is 0 Å². The molecule has 2 aromatic rings. The van der Waals surface area contributed by atoms with E-state index < -0.39 is 0 Å². The summed E-state index contributed by atoms with van der Waals surface area (Å²) in [6.45, 7) is 2.88. The number of nitrogens with one attached hydrogen (secondary N) is 1. The number of aromatic nitrogens is 3. The van der Waals surface area contributed by atoms with Crippen LogP contribution in [0.3, 0.4) is 0 Å². The number of aromatic amines is 1. The van der Waals surface area contributed by atoms with Crippen LogP contribution in [0.15, 0.2) is 18.2 Å². The van der Waals surface area contributed by atoms with Gasteiger partial charge in [0.1, 0.15) is 11.5 Å². The summed E-state index contributed by atoms with van der Waals surface area (Å²) < 4.78 is 18.5. The second kappa shape index (κ2) is 6.37. The molecule has 0 spiro atoms. The highest BCUT2D eigenvalue weighted by molar-refractivity contribution is 7.71. The lowest BCUT2D eigenvalue weighted by Crippen LogP contribution is -2.44. The van der Waals surface area contributed by atoms with Crippen LogP contribution in [-0.4, -0.2) is 55.4 Å². The van der Waals surface area contributed by atoms with E-state index in [9.17, 15) is 0 Å². The van der Waals surface area contributed by atoms with E-state index in [4.69, 9.17) is 26.4 Å². The van der Waals surface area contributed by atoms with Gasteiger partial charge in [-0.3, -0.25) is 0 Å². The van der Waals surface area contributed by atoms with Gasteiger partial charge in [0.05, 0.1) is 40.5 Å². The van der Waals surface area contributed by atoms with Crippen LogP contribution < -0.4 is 14.5 Å². The van der Waals surface area contributed by atoms with E-state index >= 15 is 0 Å². The van der Waals surface area contributed by atoms with Crippen LogP contribution in [0.4, 0.5) is 0 Å². The summed E-state index contributed by atoms with van der Waals surface area (Å²) in [4.78, 5) is 0. The smallest absolute Gasteiger partial charge is 0.214 e. The van der Waals surface area contributed by atoms with Crippen LogP contribution in [0.25, 0.3) is 11.4 Å². The molecule has 0 saturated carbocycles. The molecule has 1 aliphatic rings. The van der Waals surface area contributed by atoms with Gasteiger partial charge in [0.2, 0.25) is 4.77 Å². The second-order valence-electron chi connectivity index (χ2n) is 4.83. The second-order valence-corrected chi connectivity index (χ2v) is 5.22. The topological polar surface area (TPSA) is 64.5 Å². The molecule has 2 heterocycles. The van der Waals surface area contributed by atoms with Gasteiger partial charge in [-0.05, 0) is 24.4 Å². The number of ether oxygens (including phenoxy) is 3. The normalized spacial score (nSPS) is 14.9. The Hall–Kier alpha value is -2.06. The lowest BCUT2D eigenvalue weighted by Gasteiger charge is -2.30.